The minimum absolute atomic E-state index is 0.00406. The van der Waals surface area contributed by atoms with Crippen LogP contribution in [0.3, 0.4) is 0 Å². The zero-order valence-corrected chi connectivity index (χ0v) is 13.5. The largest absolute Gasteiger partial charge is 0.496 e. The van der Waals surface area contributed by atoms with Crippen LogP contribution in [0.2, 0.25) is 0 Å². The van der Waals surface area contributed by atoms with Crippen molar-refractivity contribution in [2.24, 2.45) is 0 Å². The summed E-state index contributed by atoms with van der Waals surface area (Å²) in [6.45, 7) is 1.65. The summed E-state index contributed by atoms with van der Waals surface area (Å²) in [5.74, 6) is 0.791. The summed E-state index contributed by atoms with van der Waals surface area (Å²) in [4.78, 5) is 11.8. The van der Waals surface area contributed by atoms with Crippen molar-refractivity contribution in [3.8, 4) is 5.75 Å². The van der Waals surface area contributed by atoms with Gasteiger partial charge in [-0.15, -0.1) is 0 Å². The molecule has 0 saturated heterocycles. The molecular formula is C19H24N2O2. The van der Waals surface area contributed by atoms with Crippen molar-refractivity contribution in [1.29, 1.82) is 0 Å². The summed E-state index contributed by atoms with van der Waals surface area (Å²) >= 11 is 0. The Balaban J connectivity index is 1.60. The average molecular weight is 312 g/mol. The molecular weight excluding hydrogens is 288 g/mol. The number of carbonyl (C=O) groups excluding carboxylic acids is 1. The van der Waals surface area contributed by atoms with Crippen molar-refractivity contribution in [3.05, 3.63) is 65.7 Å². The zero-order chi connectivity index (χ0) is 16.3. The first-order valence-electron chi connectivity index (χ1n) is 7.93. The Morgan fingerprint density at radius 2 is 1.78 bits per heavy atom. The zero-order valence-electron chi connectivity index (χ0n) is 13.5. The second-order valence-electron chi connectivity index (χ2n) is 5.35. The van der Waals surface area contributed by atoms with Gasteiger partial charge in [0.2, 0.25) is 5.91 Å². The number of carbonyl (C=O) groups is 1. The summed E-state index contributed by atoms with van der Waals surface area (Å²) in [6, 6.07) is 18.1. The number of nitrogens with one attached hydrogen (secondary N) is 2. The molecule has 122 valence electrons. The van der Waals surface area contributed by atoms with E-state index in [1.807, 2.05) is 42.5 Å². The minimum Gasteiger partial charge on any atom is -0.496 e. The summed E-state index contributed by atoms with van der Waals surface area (Å²) in [7, 11) is 1.63. The predicted molar refractivity (Wildman–Crippen MR) is 92.5 cm³/mol. The molecule has 0 radical (unpaired) electrons. The maximum Gasteiger partial charge on any atom is 0.234 e. The van der Waals surface area contributed by atoms with Gasteiger partial charge in [-0.2, -0.15) is 0 Å². The molecule has 0 fully saturated rings. The molecule has 2 aromatic carbocycles. The molecule has 4 heteroatoms. The lowest BCUT2D eigenvalue weighted by Gasteiger charge is -2.10. The first kappa shape index (κ1) is 17.0. The molecule has 0 bridgehead atoms. The summed E-state index contributed by atoms with van der Waals surface area (Å²) in [6.07, 6.45) is 2.04. The van der Waals surface area contributed by atoms with Crippen LogP contribution in [0, 0.1) is 0 Å². The highest BCUT2D eigenvalue weighted by atomic mass is 16.5. The van der Waals surface area contributed by atoms with Gasteiger partial charge in [0.25, 0.3) is 0 Å². The summed E-state index contributed by atoms with van der Waals surface area (Å²) in [5.41, 5.74) is 2.31. The van der Waals surface area contributed by atoms with Crippen molar-refractivity contribution in [1.82, 2.24) is 10.6 Å². The van der Waals surface area contributed by atoms with Crippen molar-refractivity contribution < 1.29 is 9.53 Å². The van der Waals surface area contributed by atoms with Crippen molar-refractivity contribution in [3.63, 3.8) is 0 Å². The van der Waals surface area contributed by atoms with Crippen LogP contribution in [0.25, 0.3) is 0 Å². The Morgan fingerprint density at radius 3 is 2.57 bits per heavy atom. The van der Waals surface area contributed by atoms with Gasteiger partial charge in [-0.05, 0) is 31.0 Å². The average Bonchev–Trinajstić information content (AvgIpc) is 2.60. The minimum atomic E-state index is -0.00406. The van der Waals surface area contributed by atoms with Gasteiger partial charge in [0.1, 0.15) is 5.75 Å². The van der Waals surface area contributed by atoms with E-state index in [0.29, 0.717) is 13.1 Å². The van der Waals surface area contributed by atoms with Crippen LogP contribution in [0.4, 0.5) is 0 Å². The van der Waals surface area contributed by atoms with Gasteiger partial charge < -0.3 is 15.4 Å². The van der Waals surface area contributed by atoms with E-state index in [-0.39, 0.29) is 5.91 Å². The SMILES string of the molecule is COc1ccccc1CNC(=O)CNCCCc1ccccc1. The first-order chi connectivity index (χ1) is 11.3. The van der Waals surface area contributed by atoms with Crippen LogP contribution in [-0.2, 0) is 17.8 Å². The fourth-order valence-electron chi connectivity index (χ4n) is 2.37. The molecule has 2 rings (SSSR count). The normalized spacial score (nSPS) is 10.3. The number of rotatable bonds is 9. The molecule has 0 aliphatic heterocycles. The maximum absolute atomic E-state index is 11.8. The van der Waals surface area contributed by atoms with E-state index < -0.39 is 0 Å². The Labute approximate surface area is 137 Å². The summed E-state index contributed by atoms with van der Waals surface area (Å²) in [5, 5.41) is 6.08. The van der Waals surface area contributed by atoms with Crippen LogP contribution in [0.5, 0.6) is 5.75 Å². The Morgan fingerprint density at radius 1 is 1.04 bits per heavy atom. The Hall–Kier alpha value is -2.33. The molecule has 2 N–H and O–H groups in total. The lowest BCUT2D eigenvalue weighted by Crippen LogP contribution is -2.34. The topological polar surface area (TPSA) is 50.4 Å². The maximum atomic E-state index is 11.8. The number of benzene rings is 2. The smallest absolute Gasteiger partial charge is 0.234 e. The van der Waals surface area contributed by atoms with E-state index in [9.17, 15) is 4.79 Å². The highest BCUT2D eigenvalue weighted by molar-refractivity contribution is 5.78. The van der Waals surface area contributed by atoms with Crippen molar-refractivity contribution in [2.75, 3.05) is 20.2 Å². The third kappa shape index (κ3) is 6.12. The van der Waals surface area contributed by atoms with Crippen LogP contribution >= 0.6 is 0 Å². The van der Waals surface area contributed by atoms with Gasteiger partial charge in [-0.3, -0.25) is 4.79 Å². The monoisotopic (exact) mass is 312 g/mol. The molecule has 0 heterocycles. The van der Waals surface area contributed by atoms with E-state index in [0.717, 1.165) is 30.7 Å². The highest BCUT2D eigenvalue weighted by Crippen LogP contribution is 2.16. The molecule has 0 atom stereocenters. The van der Waals surface area contributed by atoms with Crippen LogP contribution in [0.1, 0.15) is 17.5 Å². The molecule has 0 aliphatic carbocycles. The molecule has 0 saturated carbocycles. The van der Waals surface area contributed by atoms with Crippen LogP contribution < -0.4 is 15.4 Å². The van der Waals surface area contributed by atoms with Crippen LogP contribution in [-0.4, -0.2) is 26.1 Å². The number of hydrogen-bond donors (Lipinski definition) is 2. The van der Waals surface area contributed by atoms with Gasteiger partial charge in [0.05, 0.1) is 13.7 Å². The van der Waals surface area contributed by atoms with Crippen LogP contribution in [0.15, 0.2) is 54.6 Å². The van der Waals surface area contributed by atoms with Gasteiger partial charge in [-0.25, -0.2) is 0 Å². The second kappa shape index (κ2) is 9.64. The van der Waals surface area contributed by atoms with Gasteiger partial charge in [0, 0.05) is 12.1 Å². The standard InChI is InChI=1S/C19H24N2O2/c1-23-18-12-6-5-11-17(18)14-21-19(22)15-20-13-7-10-16-8-3-2-4-9-16/h2-6,8-9,11-12,20H,7,10,13-15H2,1H3,(H,21,22). The lowest BCUT2D eigenvalue weighted by molar-refractivity contribution is -0.120. The van der Waals surface area contributed by atoms with E-state index in [4.69, 9.17) is 4.74 Å². The number of amides is 1. The fraction of sp³-hybridized carbons (Fsp3) is 0.316. The Bertz CT molecular complexity index is 599. The molecule has 0 spiro atoms. The Kier molecular flexibility index (Phi) is 7.14. The number of ether oxygens (including phenoxy) is 1. The predicted octanol–water partition coefficient (Wildman–Crippen LogP) is 2.53. The quantitative estimate of drug-likeness (QED) is 0.700. The third-order valence-electron chi connectivity index (χ3n) is 3.62. The van der Waals surface area contributed by atoms with E-state index >= 15 is 0 Å². The molecule has 2 aromatic rings. The second-order valence-corrected chi connectivity index (χ2v) is 5.35. The van der Waals surface area contributed by atoms with Gasteiger partial charge in [-0.1, -0.05) is 48.5 Å². The first-order valence-corrected chi connectivity index (χ1v) is 7.93. The van der Waals surface area contributed by atoms with Crippen molar-refractivity contribution in [2.45, 2.75) is 19.4 Å². The summed E-state index contributed by atoms with van der Waals surface area (Å²) < 4.78 is 5.27. The molecule has 0 aromatic heterocycles. The van der Waals surface area contributed by atoms with Crippen molar-refractivity contribution >= 4 is 5.91 Å². The molecule has 0 unspecified atom stereocenters. The molecule has 0 aliphatic rings. The fourth-order valence-corrected chi connectivity index (χ4v) is 2.37. The highest BCUT2D eigenvalue weighted by Gasteiger charge is 2.04. The molecule has 1 amide bonds. The van der Waals surface area contributed by atoms with E-state index in [1.165, 1.54) is 5.56 Å². The van der Waals surface area contributed by atoms with Gasteiger partial charge in [0.15, 0.2) is 0 Å². The number of aryl methyl sites for hydroxylation is 1. The van der Waals surface area contributed by atoms with E-state index in [2.05, 4.69) is 22.8 Å². The number of methoxy groups -OCH3 is 1. The number of para-hydroxylation sites is 1. The molecule has 23 heavy (non-hydrogen) atoms. The lowest BCUT2D eigenvalue weighted by atomic mass is 10.1. The third-order valence-corrected chi connectivity index (χ3v) is 3.62. The van der Waals surface area contributed by atoms with E-state index in [1.54, 1.807) is 7.11 Å². The molecule has 4 nitrogen and oxygen atoms in total. The number of hydrogen-bond acceptors (Lipinski definition) is 3. The van der Waals surface area contributed by atoms with Gasteiger partial charge >= 0.3 is 0 Å².